The fraction of sp³-hybridized carbons (Fsp3) is 0. The van der Waals surface area contributed by atoms with Crippen LogP contribution < -0.4 is 0 Å². The highest BCUT2D eigenvalue weighted by atomic mass is 16.1. The Morgan fingerprint density at radius 1 is 0.438 bits per heavy atom. The maximum Gasteiger partial charge on any atom is 0.194 e. The van der Waals surface area contributed by atoms with Gasteiger partial charge in [-0.05, 0) is 70.8 Å². The molecule has 2 aromatic heterocycles. The van der Waals surface area contributed by atoms with Crippen LogP contribution in [0.2, 0.25) is 0 Å². The lowest BCUT2D eigenvalue weighted by atomic mass is 9.82. The second kappa shape index (κ2) is 8.36. The first-order valence-corrected chi connectivity index (χ1v) is 10.2. The van der Waals surface area contributed by atoms with Gasteiger partial charge in [-0.15, -0.1) is 0 Å². The molecule has 0 aliphatic heterocycles. The van der Waals surface area contributed by atoms with E-state index in [0.29, 0.717) is 22.3 Å². The van der Waals surface area contributed by atoms with Gasteiger partial charge >= 0.3 is 0 Å². The van der Waals surface area contributed by atoms with Gasteiger partial charge in [0, 0.05) is 47.0 Å². The number of nitrogens with zero attached hydrogens (tertiary/aromatic N) is 2. The molecule has 32 heavy (non-hydrogen) atoms. The summed E-state index contributed by atoms with van der Waals surface area (Å²) in [7, 11) is 0. The van der Waals surface area contributed by atoms with Crippen molar-refractivity contribution in [1.29, 1.82) is 0 Å². The highest BCUT2D eigenvalue weighted by Crippen LogP contribution is 2.29. The van der Waals surface area contributed by atoms with Gasteiger partial charge in [0.2, 0.25) is 0 Å². The van der Waals surface area contributed by atoms with Crippen LogP contribution in [-0.4, -0.2) is 21.5 Å². The summed E-state index contributed by atoms with van der Waals surface area (Å²) in [6, 6.07) is 18.4. The number of fused-ring (bicyclic) bond motifs is 2. The fourth-order valence-electron chi connectivity index (χ4n) is 3.73. The highest BCUT2D eigenvalue weighted by Gasteiger charge is 2.29. The molecule has 152 valence electrons. The topological polar surface area (TPSA) is 59.9 Å². The van der Waals surface area contributed by atoms with Gasteiger partial charge in [-0.1, -0.05) is 36.4 Å². The van der Waals surface area contributed by atoms with Crippen LogP contribution in [-0.2, 0) is 0 Å². The molecule has 0 N–H and O–H groups in total. The molecule has 1 aliphatic carbocycles. The van der Waals surface area contributed by atoms with Gasteiger partial charge in [0.15, 0.2) is 11.6 Å². The molecule has 2 aromatic carbocycles. The lowest BCUT2D eigenvalue weighted by Crippen LogP contribution is -2.21. The van der Waals surface area contributed by atoms with Crippen molar-refractivity contribution in [2.75, 3.05) is 0 Å². The standard InChI is InChI=1S/C28H18N2O2/c31-27-24-8-6-22(4-2-20-11-15-30-16-12-20)18-26(24)28(32)23-7-5-21(17-25(23)27)3-1-19-9-13-29-14-10-19/h1-18H/b3-1+,4-2+. The van der Waals surface area contributed by atoms with Gasteiger partial charge in [0.25, 0.3) is 0 Å². The molecule has 0 fully saturated rings. The molecular formula is C28H18N2O2. The highest BCUT2D eigenvalue weighted by molar-refractivity contribution is 6.28. The van der Waals surface area contributed by atoms with Crippen LogP contribution in [0.3, 0.4) is 0 Å². The lowest BCUT2D eigenvalue weighted by Gasteiger charge is -2.18. The van der Waals surface area contributed by atoms with Crippen molar-refractivity contribution in [3.63, 3.8) is 0 Å². The third kappa shape index (κ3) is 3.82. The first-order chi connectivity index (χ1) is 15.7. The van der Waals surface area contributed by atoms with E-state index in [0.717, 1.165) is 22.3 Å². The van der Waals surface area contributed by atoms with Gasteiger partial charge in [-0.3, -0.25) is 19.6 Å². The summed E-state index contributed by atoms with van der Waals surface area (Å²) < 4.78 is 0. The molecule has 0 atom stereocenters. The molecule has 4 aromatic rings. The van der Waals surface area contributed by atoms with Gasteiger partial charge in [-0.25, -0.2) is 0 Å². The van der Waals surface area contributed by atoms with Gasteiger partial charge in [-0.2, -0.15) is 0 Å². The van der Waals surface area contributed by atoms with Crippen molar-refractivity contribution < 1.29 is 9.59 Å². The normalized spacial score (nSPS) is 12.9. The van der Waals surface area contributed by atoms with Crippen molar-refractivity contribution in [3.8, 4) is 0 Å². The Bertz CT molecular complexity index is 1280. The van der Waals surface area contributed by atoms with Gasteiger partial charge in [0.1, 0.15) is 0 Å². The molecule has 1 aliphatic rings. The summed E-state index contributed by atoms with van der Waals surface area (Å²) in [5.74, 6) is -0.253. The zero-order valence-corrected chi connectivity index (χ0v) is 17.1. The zero-order chi connectivity index (χ0) is 21.9. The zero-order valence-electron chi connectivity index (χ0n) is 17.1. The van der Waals surface area contributed by atoms with Crippen LogP contribution >= 0.6 is 0 Å². The quantitative estimate of drug-likeness (QED) is 0.384. The molecule has 4 heteroatoms. The Labute approximate surface area is 185 Å². The second-order valence-corrected chi connectivity index (χ2v) is 7.50. The maximum absolute atomic E-state index is 13.2. The molecule has 0 spiro atoms. The summed E-state index contributed by atoms with van der Waals surface area (Å²) in [5.41, 5.74) is 5.52. The monoisotopic (exact) mass is 414 g/mol. The van der Waals surface area contributed by atoms with Crippen LogP contribution in [0.1, 0.15) is 54.1 Å². The Morgan fingerprint density at radius 3 is 1.22 bits per heavy atom. The van der Waals surface area contributed by atoms with Crippen LogP contribution in [0.15, 0.2) is 85.5 Å². The summed E-state index contributed by atoms with van der Waals surface area (Å²) in [4.78, 5) is 34.3. The molecular weight excluding hydrogens is 396 g/mol. The second-order valence-electron chi connectivity index (χ2n) is 7.50. The molecule has 0 bridgehead atoms. The van der Waals surface area contributed by atoms with Crippen LogP contribution in [0.4, 0.5) is 0 Å². The van der Waals surface area contributed by atoms with Crippen molar-refractivity contribution in [2.45, 2.75) is 0 Å². The molecule has 0 unspecified atom stereocenters. The SMILES string of the molecule is O=C1c2ccc(/C=C/c3ccncc3)cc2C(=O)c2ccc(/C=C/c3ccncc3)cc21. The summed E-state index contributed by atoms with van der Waals surface area (Å²) >= 11 is 0. The number of ketones is 2. The number of hydrogen-bond donors (Lipinski definition) is 0. The average Bonchev–Trinajstić information content (AvgIpc) is 2.86. The number of rotatable bonds is 4. The molecule has 4 nitrogen and oxygen atoms in total. The van der Waals surface area contributed by atoms with Crippen molar-refractivity contribution in [2.24, 2.45) is 0 Å². The number of hydrogen-bond acceptors (Lipinski definition) is 4. The minimum absolute atomic E-state index is 0.126. The van der Waals surface area contributed by atoms with Crippen molar-refractivity contribution >= 4 is 35.9 Å². The summed E-state index contributed by atoms with van der Waals surface area (Å²) in [6.07, 6.45) is 14.7. The van der Waals surface area contributed by atoms with E-state index in [1.54, 1.807) is 49.1 Å². The minimum Gasteiger partial charge on any atom is -0.289 e. The number of aromatic nitrogens is 2. The van der Waals surface area contributed by atoms with Crippen molar-refractivity contribution in [1.82, 2.24) is 9.97 Å². The molecule has 5 rings (SSSR count). The molecule has 0 saturated heterocycles. The van der Waals surface area contributed by atoms with Crippen LogP contribution in [0.5, 0.6) is 0 Å². The van der Waals surface area contributed by atoms with E-state index in [2.05, 4.69) is 9.97 Å². The Kier molecular flexibility index (Phi) is 5.10. The predicted molar refractivity (Wildman–Crippen MR) is 126 cm³/mol. The smallest absolute Gasteiger partial charge is 0.194 e. The van der Waals surface area contributed by atoms with E-state index >= 15 is 0 Å². The number of pyridine rings is 2. The molecule has 0 saturated carbocycles. The number of carbonyl (C=O) groups is 2. The molecule has 0 amide bonds. The summed E-state index contributed by atoms with van der Waals surface area (Å²) in [6.45, 7) is 0. The average molecular weight is 414 g/mol. The molecule has 0 radical (unpaired) electrons. The first kappa shape index (κ1) is 19.5. The Hall–Kier alpha value is -4.44. The number of benzene rings is 2. The van der Waals surface area contributed by atoms with E-state index < -0.39 is 0 Å². The Morgan fingerprint density at radius 2 is 0.812 bits per heavy atom. The minimum atomic E-state index is -0.126. The number of carbonyl (C=O) groups excluding carboxylic acids is 2. The van der Waals surface area contributed by atoms with Crippen LogP contribution in [0.25, 0.3) is 24.3 Å². The maximum atomic E-state index is 13.2. The van der Waals surface area contributed by atoms with E-state index in [9.17, 15) is 9.59 Å². The van der Waals surface area contributed by atoms with E-state index in [4.69, 9.17) is 0 Å². The fourth-order valence-corrected chi connectivity index (χ4v) is 3.73. The first-order valence-electron chi connectivity index (χ1n) is 10.2. The van der Waals surface area contributed by atoms with Gasteiger partial charge in [0.05, 0.1) is 0 Å². The van der Waals surface area contributed by atoms with Crippen LogP contribution in [0, 0.1) is 0 Å². The largest absolute Gasteiger partial charge is 0.289 e. The Balaban J connectivity index is 1.45. The summed E-state index contributed by atoms with van der Waals surface area (Å²) in [5, 5.41) is 0. The van der Waals surface area contributed by atoms with E-state index in [1.807, 2.05) is 60.7 Å². The van der Waals surface area contributed by atoms with Crippen molar-refractivity contribution in [3.05, 3.63) is 130 Å². The van der Waals surface area contributed by atoms with E-state index in [-0.39, 0.29) is 11.6 Å². The molecule has 2 heterocycles. The third-order valence-electron chi connectivity index (χ3n) is 5.41. The van der Waals surface area contributed by atoms with Gasteiger partial charge < -0.3 is 0 Å². The van der Waals surface area contributed by atoms with E-state index in [1.165, 1.54) is 0 Å². The predicted octanol–water partition coefficient (Wildman–Crippen LogP) is 5.59. The lowest BCUT2D eigenvalue weighted by molar-refractivity contribution is 0.0979. The third-order valence-corrected chi connectivity index (χ3v) is 5.41.